The molecular formula is C16H17BrN2O5S. The number of carbonyl (C=O) groups excluding carboxylic acids is 1. The van der Waals surface area contributed by atoms with Gasteiger partial charge in [-0.2, -0.15) is 5.10 Å². The third-order valence-electron chi connectivity index (χ3n) is 4.33. The standard InChI is InChI=1S/C16H17BrN2O5S/c1-3-19-16(21)10(8-18-19)15(20)9-4-5-12-13(14(9)17)11(24-2)6-7-25(12,22)23/h4-5,8,11,21H,3,6-7H2,1-2H3. The summed E-state index contributed by atoms with van der Waals surface area (Å²) in [5.74, 6) is -0.653. The second-order valence-corrected chi connectivity index (χ2v) is 8.57. The first-order valence-electron chi connectivity index (χ1n) is 7.69. The van der Waals surface area contributed by atoms with Gasteiger partial charge in [0.1, 0.15) is 5.56 Å². The normalized spacial score (nSPS) is 18.8. The van der Waals surface area contributed by atoms with Crippen molar-refractivity contribution < 1.29 is 23.1 Å². The minimum absolute atomic E-state index is 0.00228. The van der Waals surface area contributed by atoms with Crippen LogP contribution in [0, 0.1) is 0 Å². The van der Waals surface area contributed by atoms with E-state index in [1.807, 2.05) is 0 Å². The van der Waals surface area contributed by atoms with Crippen LogP contribution in [0.3, 0.4) is 0 Å². The molecule has 1 atom stereocenters. The van der Waals surface area contributed by atoms with Crippen LogP contribution >= 0.6 is 15.9 Å². The van der Waals surface area contributed by atoms with Gasteiger partial charge in [-0.1, -0.05) is 0 Å². The van der Waals surface area contributed by atoms with E-state index in [1.54, 1.807) is 6.92 Å². The fraction of sp³-hybridized carbons (Fsp3) is 0.375. The summed E-state index contributed by atoms with van der Waals surface area (Å²) in [5, 5.41) is 14.1. The molecule has 0 amide bonds. The van der Waals surface area contributed by atoms with E-state index in [-0.39, 0.29) is 27.7 Å². The molecule has 1 N–H and O–H groups in total. The molecule has 2 aromatic rings. The lowest BCUT2D eigenvalue weighted by Crippen LogP contribution is -2.22. The maximum Gasteiger partial charge on any atom is 0.220 e. The van der Waals surface area contributed by atoms with Gasteiger partial charge in [0.2, 0.25) is 11.7 Å². The predicted octanol–water partition coefficient (Wildman–Crippen LogP) is 2.47. The lowest BCUT2D eigenvalue weighted by Gasteiger charge is -2.26. The SMILES string of the molecule is CCn1ncc(C(=O)c2ccc3c(c2Br)C(OC)CCS3(=O)=O)c1O. The summed E-state index contributed by atoms with van der Waals surface area (Å²) in [7, 11) is -1.91. The molecule has 134 valence electrons. The molecule has 2 heterocycles. The lowest BCUT2D eigenvalue weighted by atomic mass is 9.99. The third kappa shape index (κ3) is 2.90. The number of benzene rings is 1. The van der Waals surface area contributed by atoms with Crippen LogP contribution in [0.2, 0.25) is 0 Å². The fourth-order valence-corrected chi connectivity index (χ4v) is 5.49. The van der Waals surface area contributed by atoms with E-state index >= 15 is 0 Å². The molecule has 0 spiro atoms. The average Bonchev–Trinajstić information content (AvgIpc) is 2.95. The molecule has 7 nitrogen and oxygen atoms in total. The summed E-state index contributed by atoms with van der Waals surface area (Å²) in [6.07, 6.45) is 1.20. The molecule has 0 aliphatic carbocycles. The summed E-state index contributed by atoms with van der Waals surface area (Å²) in [6, 6.07) is 2.87. The Hall–Kier alpha value is -1.71. The van der Waals surface area contributed by atoms with Gasteiger partial charge in [0.05, 0.1) is 22.9 Å². The average molecular weight is 429 g/mol. The quantitative estimate of drug-likeness (QED) is 0.750. The Morgan fingerprint density at radius 3 is 2.76 bits per heavy atom. The number of sulfone groups is 1. The van der Waals surface area contributed by atoms with Gasteiger partial charge in [-0.25, -0.2) is 13.1 Å². The smallest absolute Gasteiger partial charge is 0.220 e. The van der Waals surface area contributed by atoms with E-state index in [1.165, 1.54) is 30.1 Å². The van der Waals surface area contributed by atoms with Crippen molar-refractivity contribution in [3.8, 4) is 5.88 Å². The van der Waals surface area contributed by atoms with Crippen molar-refractivity contribution in [1.82, 2.24) is 9.78 Å². The number of aromatic nitrogens is 2. The first-order chi connectivity index (χ1) is 11.8. The van der Waals surface area contributed by atoms with Crippen molar-refractivity contribution in [2.75, 3.05) is 12.9 Å². The zero-order valence-corrected chi connectivity index (χ0v) is 16.1. The molecule has 0 saturated heterocycles. The number of aryl methyl sites for hydroxylation is 1. The van der Waals surface area contributed by atoms with Gasteiger partial charge in [0.15, 0.2) is 9.84 Å². The molecule has 0 saturated carbocycles. The van der Waals surface area contributed by atoms with E-state index in [9.17, 15) is 18.3 Å². The van der Waals surface area contributed by atoms with Crippen LogP contribution in [-0.2, 0) is 21.1 Å². The minimum Gasteiger partial charge on any atom is -0.493 e. The molecule has 1 aliphatic rings. The van der Waals surface area contributed by atoms with Crippen molar-refractivity contribution in [3.63, 3.8) is 0 Å². The zero-order chi connectivity index (χ0) is 18.4. The number of hydrogen-bond acceptors (Lipinski definition) is 6. The molecule has 3 rings (SSSR count). The molecule has 1 aromatic heterocycles. The number of ether oxygens (including phenoxy) is 1. The number of ketones is 1. The molecule has 25 heavy (non-hydrogen) atoms. The number of rotatable bonds is 4. The van der Waals surface area contributed by atoms with Crippen LogP contribution < -0.4 is 0 Å². The van der Waals surface area contributed by atoms with Gasteiger partial charge in [-0.15, -0.1) is 0 Å². The van der Waals surface area contributed by atoms with Crippen LogP contribution in [0.4, 0.5) is 0 Å². The van der Waals surface area contributed by atoms with E-state index in [0.29, 0.717) is 23.0 Å². The Bertz CT molecular complexity index is 952. The zero-order valence-electron chi connectivity index (χ0n) is 13.7. The van der Waals surface area contributed by atoms with Crippen LogP contribution in [0.25, 0.3) is 0 Å². The number of fused-ring (bicyclic) bond motifs is 1. The van der Waals surface area contributed by atoms with Gasteiger partial charge in [0.25, 0.3) is 0 Å². The van der Waals surface area contributed by atoms with Gasteiger partial charge in [-0.05, 0) is 41.4 Å². The second kappa shape index (κ2) is 6.54. The fourth-order valence-electron chi connectivity index (χ4n) is 2.99. The Balaban J connectivity index is 2.16. The highest BCUT2D eigenvalue weighted by atomic mass is 79.9. The second-order valence-electron chi connectivity index (χ2n) is 5.70. The van der Waals surface area contributed by atoms with Crippen LogP contribution in [0.5, 0.6) is 5.88 Å². The lowest BCUT2D eigenvalue weighted by molar-refractivity contribution is 0.0951. The Morgan fingerprint density at radius 2 is 2.16 bits per heavy atom. The summed E-state index contributed by atoms with van der Waals surface area (Å²) in [4.78, 5) is 13.0. The van der Waals surface area contributed by atoms with Crippen molar-refractivity contribution in [2.45, 2.75) is 30.9 Å². The van der Waals surface area contributed by atoms with Crippen LogP contribution in [0.15, 0.2) is 27.7 Å². The number of halogens is 1. The highest BCUT2D eigenvalue weighted by molar-refractivity contribution is 9.10. The topological polar surface area (TPSA) is 98.5 Å². The van der Waals surface area contributed by atoms with E-state index in [0.717, 1.165) is 0 Å². The molecule has 0 radical (unpaired) electrons. The van der Waals surface area contributed by atoms with E-state index in [4.69, 9.17) is 4.74 Å². The summed E-state index contributed by atoms with van der Waals surface area (Å²) < 4.78 is 31.7. The highest BCUT2D eigenvalue weighted by Crippen LogP contribution is 2.41. The molecular weight excluding hydrogens is 412 g/mol. The first kappa shape index (κ1) is 18.1. The molecule has 0 fully saturated rings. The summed E-state index contributed by atoms with van der Waals surface area (Å²) >= 11 is 3.37. The molecule has 1 unspecified atom stereocenters. The van der Waals surface area contributed by atoms with E-state index in [2.05, 4.69) is 21.0 Å². The maximum absolute atomic E-state index is 12.8. The highest BCUT2D eigenvalue weighted by Gasteiger charge is 2.34. The van der Waals surface area contributed by atoms with E-state index < -0.39 is 21.7 Å². The minimum atomic E-state index is -3.41. The van der Waals surface area contributed by atoms with Crippen LogP contribution in [-0.4, -0.2) is 42.0 Å². The Labute approximate surface area is 153 Å². The summed E-state index contributed by atoms with van der Waals surface area (Å²) in [6.45, 7) is 2.22. The van der Waals surface area contributed by atoms with Gasteiger partial charge < -0.3 is 9.84 Å². The molecule has 1 aromatic carbocycles. The molecule has 1 aliphatic heterocycles. The summed E-state index contributed by atoms with van der Waals surface area (Å²) in [5.41, 5.74) is 0.765. The van der Waals surface area contributed by atoms with Gasteiger partial charge in [-0.3, -0.25) is 4.79 Å². The number of nitrogens with zero attached hydrogens (tertiary/aromatic N) is 2. The van der Waals surface area contributed by atoms with Gasteiger partial charge in [0, 0.05) is 29.3 Å². The third-order valence-corrected chi connectivity index (χ3v) is 6.98. The number of methoxy groups -OCH3 is 1. The van der Waals surface area contributed by atoms with Gasteiger partial charge >= 0.3 is 0 Å². The largest absolute Gasteiger partial charge is 0.493 e. The van der Waals surface area contributed by atoms with Crippen LogP contribution in [0.1, 0.15) is 40.9 Å². The van der Waals surface area contributed by atoms with Crippen molar-refractivity contribution in [2.24, 2.45) is 0 Å². The Kier molecular flexibility index (Phi) is 4.74. The Morgan fingerprint density at radius 1 is 1.44 bits per heavy atom. The molecule has 0 bridgehead atoms. The number of hydrogen-bond donors (Lipinski definition) is 1. The van der Waals surface area contributed by atoms with Crippen molar-refractivity contribution in [3.05, 3.63) is 39.5 Å². The number of aromatic hydroxyl groups is 1. The first-order valence-corrected chi connectivity index (χ1v) is 10.1. The predicted molar refractivity (Wildman–Crippen MR) is 93.6 cm³/mol. The molecule has 9 heteroatoms. The van der Waals surface area contributed by atoms with Crippen molar-refractivity contribution >= 4 is 31.6 Å². The van der Waals surface area contributed by atoms with Crippen molar-refractivity contribution in [1.29, 1.82) is 0 Å². The maximum atomic E-state index is 12.8. The monoisotopic (exact) mass is 428 g/mol. The number of carbonyl (C=O) groups is 1.